The molecule has 1 aromatic rings. The standard InChI is InChI=1S/C15H22FNO/c1-10-4-6-14(11(10)2)17-9-12-5-7-15(18-3)13(16)8-12/h5,7-8,10-11,14,17H,4,6,9H2,1-3H3. The van der Waals surface area contributed by atoms with E-state index in [1.54, 1.807) is 12.1 Å². The van der Waals surface area contributed by atoms with Gasteiger partial charge in [-0.05, 0) is 42.4 Å². The minimum Gasteiger partial charge on any atom is -0.494 e. The fourth-order valence-corrected chi connectivity index (χ4v) is 2.72. The van der Waals surface area contributed by atoms with Gasteiger partial charge < -0.3 is 10.1 Å². The molecule has 18 heavy (non-hydrogen) atoms. The second-order valence-corrected chi connectivity index (χ2v) is 5.37. The molecule has 1 saturated carbocycles. The van der Waals surface area contributed by atoms with Crippen molar-refractivity contribution < 1.29 is 9.13 Å². The zero-order valence-corrected chi connectivity index (χ0v) is 11.4. The van der Waals surface area contributed by atoms with Crippen LogP contribution in [0, 0.1) is 17.7 Å². The topological polar surface area (TPSA) is 21.3 Å². The quantitative estimate of drug-likeness (QED) is 0.886. The molecule has 0 aliphatic heterocycles. The van der Waals surface area contributed by atoms with Gasteiger partial charge in [0.2, 0.25) is 0 Å². The van der Waals surface area contributed by atoms with Crippen LogP contribution < -0.4 is 10.1 Å². The normalized spacial score (nSPS) is 27.4. The maximum atomic E-state index is 13.5. The van der Waals surface area contributed by atoms with Crippen molar-refractivity contribution in [3.8, 4) is 5.75 Å². The maximum absolute atomic E-state index is 13.5. The number of hydrogen-bond acceptors (Lipinski definition) is 2. The summed E-state index contributed by atoms with van der Waals surface area (Å²) in [6.45, 7) is 5.33. The molecule has 0 amide bonds. The van der Waals surface area contributed by atoms with Crippen LogP contribution in [0.25, 0.3) is 0 Å². The van der Waals surface area contributed by atoms with Crippen LogP contribution in [-0.2, 0) is 6.54 Å². The Hall–Kier alpha value is -1.09. The van der Waals surface area contributed by atoms with Crippen molar-refractivity contribution in [3.63, 3.8) is 0 Å². The number of rotatable bonds is 4. The van der Waals surface area contributed by atoms with Crippen molar-refractivity contribution >= 4 is 0 Å². The van der Waals surface area contributed by atoms with Gasteiger partial charge >= 0.3 is 0 Å². The van der Waals surface area contributed by atoms with E-state index in [4.69, 9.17) is 4.74 Å². The first-order chi connectivity index (χ1) is 8.61. The molecule has 1 fully saturated rings. The van der Waals surface area contributed by atoms with Crippen LogP contribution in [0.4, 0.5) is 4.39 Å². The highest BCUT2D eigenvalue weighted by atomic mass is 19.1. The van der Waals surface area contributed by atoms with Crippen molar-refractivity contribution in [2.24, 2.45) is 11.8 Å². The Kier molecular flexibility index (Phi) is 4.23. The van der Waals surface area contributed by atoms with Gasteiger partial charge in [-0.25, -0.2) is 4.39 Å². The number of hydrogen-bond donors (Lipinski definition) is 1. The van der Waals surface area contributed by atoms with Gasteiger partial charge in [0.05, 0.1) is 7.11 Å². The predicted molar refractivity (Wildman–Crippen MR) is 71.1 cm³/mol. The first-order valence-electron chi connectivity index (χ1n) is 6.67. The van der Waals surface area contributed by atoms with Gasteiger partial charge in [-0.1, -0.05) is 19.9 Å². The van der Waals surface area contributed by atoms with Gasteiger partial charge in [0.1, 0.15) is 0 Å². The average Bonchev–Trinajstić information content (AvgIpc) is 2.68. The highest BCUT2D eigenvalue weighted by Gasteiger charge is 2.28. The van der Waals surface area contributed by atoms with Gasteiger partial charge in [0.15, 0.2) is 11.6 Å². The number of methoxy groups -OCH3 is 1. The molecule has 0 aromatic heterocycles. The minimum absolute atomic E-state index is 0.287. The first-order valence-corrected chi connectivity index (χ1v) is 6.67. The molecule has 0 spiro atoms. The van der Waals surface area contributed by atoms with E-state index < -0.39 is 0 Å². The molecule has 1 N–H and O–H groups in total. The van der Waals surface area contributed by atoms with Crippen LogP contribution in [-0.4, -0.2) is 13.2 Å². The summed E-state index contributed by atoms with van der Waals surface area (Å²) in [5.41, 5.74) is 0.972. The van der Waals surface area contributed by atoms with Crippen molar-refractivity contribution in [1.82, 2.24) is 5.32 Å². The zero-order chi connectivity index (χ0) is 13.1. The lowest BCUT2D eigenvalue weighted by Crippen LogP contribution is -2.31. The van der Waals surface area contributed by atoms with E-state index in [0.29, 0.717) is 17.7 Å². The summed E-state index contributed by atoms with van der Waals surface area (Å²) in [4.78, 5) is 0. The van der Waals surface area contributed by atoms with Crippen molar-refractivity contribution in [2.75, 3.05) is 7.11 Å². The summed E-state index contributed by atoms with van der Waals surface area (Å²) in [6, 6.07) is 5.71. The molecule has 0 radical (unpaired) electrons. The third-order valence-electron chi connectivity index (χ3n) is 4.25. The molecular weight excluding hydrogens is 229 g/mol. The summed E-state index contributed by atoms with van der Waals surface area (Å²) in [5, 5.41) is 3.54. The second-order valence-electron chi connectivity index (χ2n) is 5.37. The van der Waals surface area contributed by atoms with Gasteiger partial charge in [-0.3, -0.25) is 0 Å². The lowest BCUT2D eigenvalue weighted by molar-refractivity contribution is 0.368. The third-order valence-corrected chi connectivity index (χ3v) is 4.25. The van der Waals surface area contributed by atoms with Crippen LogP contribution in [0.2, 0.25) is 0 Å². The van der Waals surface area contributed by atoms with Gasteiger partial charge in [-0.15, -0.1) is 0 Å². The largest absolute Gasteiger partial charge is 0.494 e. The van der Waals surface area contributed by atoms with E-state index in [1.807, 2.05) is 6.07 Å². The lowest BCUT2D eigenvalue weighted by Gasteiger charge is -2.19. The van der Waals surface area contributed by atoms with Crippen LogP contribution in [0.1, 0.15) is 32.3 Å². The molecule has 1 aliphatic carbocycles. The molecule has 0 bridgehead atoms. The second kappa shape index (κ2) is 5.70. The summed E-state index contributed by atoms with van der Waals surface area (Å²) in [7, 11) is 1.48. The monoisotopic (exact) mass is 251 g/mol. The Morgan fingerprint density at radius 2 is 2.11 bits per heavy atom. The Labute approximate surface area is 109 Å². The summed E-state index contributed by atoms with van der Waals surface area (Å²) >= 11 is 0. The van der Waals surface area contributed by atoms with Gasteiger partial charge in [0, 0.05) is 12.6 Å². The van der Waals surface area contributed by atoms with Crippen LogP contribution >= 0.6 is 0 Å². The van der Waals surface area contributed by atoms with E-state index in [-0.39, 0.29) is 5.82 Å². The van der Waals surface area contributed by atoms with Crippen molar-refractivity contribution in [2.45, 2.75) is 39.3 Å². The molecule has 3 heteroatoms. The zero-order valence-electron chi connectivity index (χ0n) is 11.4. The fraction of sp³-hybridized carbons (Fsp3) is 0.600. The van der Waals surface area contributed by atoms with E-state index in [9.17, 15) is 4.39 Å². The Bertz CT molecular complexity index is 407. The van der Waals surface area contributed by atoms with Gasteiger partial charge in [0.25, 0.3) is 0 Å². The average molecular weight is 251 g/mol. The Morgan fingerprint density at radius 1 is 1.33 bits per heavy atom. The lowest BCUT2D eigenvalue weighted by atomic mass is 9.97. The molecular formula is C15H22FNO. The number of ether oxygens (including phenoxy) is 1. The Morgan fingerprint density at radius 3 is 2.67 bits per heavy atom. The number of nitrogens with one attached hydrogen (secondary N) is 1. The molecule has 3 unspecified atom stereocenters. The fourth-order valence-electron chi connectivity index (χ4n) is 2.72. The number of halogens is 1. The van der Waals surface area contributed by atoms with Crippen LogP contribution in [0.15, 0.2) is 18.2 Å². The van der Waals surface area contributed by atoms with E-state index in [0.717, 1.165) is 18.0 Å². The highest BCUT2D eigenvalue weighted by Crippen LogP contribution is 2.31. The van der Waals surface area contributed by atoms with Crippen molar-refractivity contribution in [1.29, 1.82) is 0 Å². The SMILES string of the molecule is COc1ccc(CNC2CCC(C)C2C)cc1F. The van der Waals surface area contributed by atoms with E-state index >= 15 is 0 Å². The minimum atomic E-state index is -0.287. The Balaban J connectivity index is 1.92. The smallest absolute Gasteiger partial charge is 0.165 e. The molecule has 100 valence electrons. The molecule has 1 aromatic carbocycles. The summed E-state index contributed by atoms with van der Waals surface area (Å²) < 4.78 is 18.5. The molecule has 1 aliphatic rings. The summed E-state index contributed by atoms with van der Waals surface area (Å²) in [5.74, 6) is 1.51. The molecule has 2 nitrogen and oxygen atoms in total. The van der Waals surface area contributed by atoms with Crippen LogP contribution in [0.3, 0.4) is 0 Å². The number of benzene rings is 1. The van der Waals surface area contributed by atoms with Crippen LogP contribution in [0.5, 0.6) is 5.75 Å². The van der Waals surface area contributed by atoms with Gasteiger partial charge in [-0.2, -0.15) is 0 Å². The van der Waals surface area contributed by atoms with E-state index in [2.05, 4.69) is 19.2 Å². The first kappa shape index (κ1) is 13.3. The molecule has 0 heterocycles. The van der Waals surface area contributed by atoms with Crippen molar-refractivity contribution in [3.05, 3.63) is 29.6 Å². The summed E-state index contributed by atoms with van der Waals surface area (Å²) in [6.07, 6.45) is 2.51. The predicted octanol–water partition coefficient (Wildman–Crippen LogP) is 3.36. The molecule has 0 saturated heterocycles. The molecule has 3 atom stereocenters. The highest BCUT2D eigenvalue weighted by molar-refractivity contribution is 5.29. The molecule has 2 rings (SSSR count). The van der Waals surface area contributed by atoms with E-state index in [1.165, 1.54) is 20.0 Å². The maximum Gasteiger partial charge on any atom is 0.165 e. The third kappa shape index (κ3) is 2.83.